The van der Waals surface area contributed by atoms with E-state index >= 15 is 0 Å². The zero-order chi connectivity index (χ0) is 12.3. The maximum Gasteiger partial charge on any atom is 0.220 e. The molecule has 5 nitrogen and oxygen atoms in total. The Morgan fingerprint density at radius 2 is 1.81 bits per heavy atom. The van der Waals surface area contributed by atoms with Crippen molar-refractivity contribution in [2.45, 2.75) is 26.7 Å². The van der Waals surface area contributed by atoms with Gasteiger partial charge >= 0.3 is 0 Å². The van der Waals surface area contributed by atoms with Gasteiger partial charge in [0.1, 0.15) is 0 Å². The fourth-order valence-corrected chi connectivity index (χ4v) is 1.62. The number of nitrogens with one attached hydrogen (secondary N) is 1. The van der Waals surface area contributed by atoms with Crippen molar-refractivity contribution in [1.82, 2.24) is 9.80 Å². The van der Waals surface area contributed by atoms with E-state index in [1.54, 1.807) is 19.0 Å². The van der Waals surface area contributed by atoms with Gasteiger partial charge < -0.3 is 15.5 Å². The topological polar surface area (TPSA) is 68.7 Å². The molecule has 1 rings (SSSR count). The van der Waals surface area contributed by atoms with Gasteiger partial charge in [0, 0.05) is 27.2 Å². The molecule has 0 bridgehead atoms. The normalized spacial score (nSPS) is 20.8. The lowest BCUT2D eigenvalue weighted by Crippen LogP contribution is -2.45. The third-order valence-corrected chi connectivity index (χ3v) is 3.09. The van der Waals surface area contributed by atoms with Gasteiger partial charge in [0.2, 0.25) is 5.96 Å². The number of piperidine rings is 1. The van der Waals surface area contributed by atoms with E-state index in [4.69, 9.17) is 11.1 Å². The van der Waals surface area contributed by atoms with E-state index in [-0.39, 0.29) is 5.96 Å². The maximum absolute atomic E-state index is 7.60. The summed E-state index contributed by atoms with van der Waals surface area (Å²) in [7, 11) is 3.58. The second kappa shape index (κ2) is 4.72. The van der Waals surface area contributed by atoms with E-state index in [0.717, 1.165) is 25.9 Å². The Labute approximate surface area is 97.8 Å². The second-order valence-electron chi connectivity index (χ2n) is 5.34. The number of hydrogen-bond donors (Lipinski definition) is 2. The van der Waals surface area contributed by atoms with Crippen LogP contribution in [0, 0.1) is 10.8 Å². The molecule has 0 aromatic carbocycles. The first-order valence-electron chi connectivity index (χ1n) is 5.67. The average Bonchev–Trinajstić information content (AvgIpc) is 2.17. The van der Waals surface area contributed by atoms with Crippen LogP contribution in [0.15, 0.2) is 4.99 Å². The van der Waals surface area contributed by atoms with Crippen LogP contribution >= 0.6 is 0 Å². The lowest BCUT2D eigenvalue weighted by molar-refractivity contribution is 0.187. The van der Waals surface area contributed by atoms with Crippen LogP contribution in [0.2, 0.25) is 0 Å². The zero-order valence-corrected chi connectivity index (χ0v) is 10.7. The largest absolute Gasteiger partial charge is 0.369 e. The smallest absolute Gasteiger partial charge is 0.220 e. The van der Waals surface area contributed by atoms with E-state index in [0.29, 0.717) is 11.4 Å². The van der Waals surface area contributed by atoms with Gasteiger partial charge in [-0.3, -0.25) is 5.41 Å². The Bertz CT molecular complexity index is 283. The Morgan fingerprint density at radius 1 is 1.31 bits per heavy atom. The SMILES string of the molecule is CN(C)C(=N)/N=C(\N)N1CCC(C)(C)CC1. The van der Waals surface area contributed by atoms with Crippen molar-refractivity contribution in [3.05, 3.63) is 0 Å². The molecule has 1 aliphatic rings. The molecule has 1 saturated heterocycles. The first-order chi connectivity index (χ1) is 7.32. The third-order valence-electron chi connectivity index (χ3n) is 3.09. The fraction of sp³-hybridized carbons (Fsp3) is 0.818. The standard InChI is InChI=1S/C11H23N5/c1-11(2)5-7-16(8-6-11)10(13)14-9(12)15(3)4/h5-8H2,1-4H3,(H3,12,13,14). The molecule has 0 atom stereocenters. The minimum atomic E-state index is 0.197. The molecule has 5 heteroatoms. The molecule has 0 unspecified atom stereocenters. The molecule has 16 heavy (non-hydrogen) atoms. The van der Waals surface area contributed by atoms with Crippen LogP contribution in [0.4, 0.5) is 0 Å². The molecule has 1 aliphatic heterocycles. The molecule has 3 N–H and O–H groups in total. The summed E-state index contributed by atoms with van der Waals surface area (Å²) in [5, 5.41) is 7.60. The molecule has 0 saturated carbocycles. The van der Waals surface area contributed by atoms with Crippen molar-refractivity contribution in [2.75, 3.05) is 27.2 Å². The fourth-order valence-electron chi connectivity index (χ4n) is 1.62. The number of rotatable bonds is 0. The summed E-state index contributed by atoms with van der Waals surface area (Å²) in [6.45, 7) is 6.42. The molecule has 92 valence electrons. The summed E-state index contributed by atoms with van der Waals surface area (Å²) in [5.74, 6) is 0.663. The molecule has 0 aliphatic carbocycles. The average molecular weight is 225 g/mol. The zero-order valence-electron chi connectivity index (χ0n) is 10.7. The summed E-state index contributed by atoms with van der Waals surface area (Å²) in [4.78, 5) is 7.78. The van der Waals surface area contributed by atoms with Gasteiger partial charge in [-0.05, 0) is 18.3 Å². The van der Waals surface area contributed by atoms with Gasteiger partial charge in [0.25, 0.3) is 0 Å². The highest BCUT2D eigenvalue weighted by Gasteiger charge is 2.26. The summed E-state index contributed by atoms with van der Waals surface area (Å²) in [6.07, 6.45) is 2.25. The van der Waals surface area contributed by atoms with E-state index in [1.807, 2.05) is 0 Å². The van der Waals surface area contributed by atoms with Crippen molar-refractivity contribution < 1.29 is 0 Å². The Hall–Kier alpha value is -1.26. The first-order valence-corrected chi connectivity index (χ1v) is 5.67. The predicted molar refractivity (Wildman–Crippen MR) is 67.6 cm³/mol. The molecule has 1 heterocycles. The summed E-state index contributed by atoms with van der Waals surface area (Å²) >= 11 is 0. The number of likely N-dealkylation sites (tertiary alicyclic amines) is 1. The minimum Gasteiger partial charge on any atom is -0.369 e. The lowest BCUT2D eigenvalue weighted by atomic mass is 9.83. The van der Waals surface area contributed by atoms with Crippen molar-refractivity contribution in [2.24, 2.45) is 16.1 Å². The van der Waals surface area contributed by atoms with E-state index in [1.165, 1.54) is 0 Å². The highest BCUT2D eigenvalue weighted by Crippen LogP contribution is 2.29. The van der Waals surface area contributed by atoms with Crippen LogP contribution in [-0.4, -0.2) is 48.9 Å². The Morgan fingerprint density at radius 3 is 2.25 bits per heavy atom. The number of guanidine groups is 2. The Kier molecular flexibility index (Phi) is 3.78. The molecule has 0 amide bonds. The minimum absolute atomic E-state index is 0.197. The van der Waals surface area contributed by atoms with Crippen LogP contribution < -0.4 is 5.73 Å². The van der Waals surface area contributed by atoms with Crippen molar-refractivity contribution in [3.63, 3.8) is 0 Å². The molecule has 0 aromatic rings. The van der Waals surface area contributed by atoms with Gasteiger partial charge in [-0.2, -0.15) is 4.99 Å². The Balaban J connectivity index is 2.57. The van der Waals surface area contributed by atoms with E-state index in [9.17, 15) is 0 Å². The van der Waals surface area contributed by atoms with Gasteiger partial charge in [-0.1, -0.05) is 13.8 Å². The first kappa shape index (κ1) is 12.8. The monoisotopic (exact) mass is 225 g/mol. The highest BCUT2D eigenvalue weighted by atomic mass is 15.3. The molecular weight excluding hydrogens is 202 g/mol. The lowest BCUT2D eigenvalue weighted by Gasteiger charge is -2.37. The van der Waals surface area contributed by atoms with Gasteiger partial charge in [-0.15, -0.1) is 0 Å². The van der Waals surface area contributed by atoms with Crippen molar-refractivity contribution in [1.29, 1.82) is 5.41 Å². The van der Waals surface area contributed by atoms with Crippen LogP contribution in [-0.2, 0) is 0 Å². The van der Waals surface area contributed by atoms with Crippen LogP contribution in [0.25, 0.3) is 0 Å². The number of aliphatic imine (C=N–C) groups is 1. The van der Waals surface area contributed by atoms with Gasteiger partial charge in [0.05, 0.1) is 0 Å². The van der Waals surface area contributed by atoms with Gasteiger partial charge in [0.15, 0.2) is 5.96 Å². The quantitative estimate of drug-likeness (QED) is 0.476. The molecule has 1 fully saturated rings. The van der Waals surface area contributed by atoms with Crippen LogP contribution in [0.1, 0.15) is 26.7 Å². The summed E-state index contributed by atoms with van der Waals surface area (Å²) in [5.41, 5.74) is 6.29. The highest BCUT2D eigenvalue weighted by molar-refractivity contribution is 5.92. The molecular formula is C11H23N5. The number of nitrogens with two attached hydrogens (primary N) is 1. The summed E-state index contributed by atoms with van der Waals surface area (Å²) in [6, 6.07) is 0. The number of hydrogen-bond acceptors (Lipinski definition) is 1. The molecule has 0 aromatic heterocycles. The number of nitrogens with zero attached hydrogens (tertiary/aromatic N) is 3. The third kappa shape index (κ3) is 3.40. The van der Waals surface area contributed by atoms with Crippen molar-refractivity contribution in [3.8, 4) is 0 Å². The van der Waals surface area contributed by atoms with Crippen molar-refractivity contribution >= 4 is 11.9 Å². The van der Waals surface area contributed by atoms with E-state index in [2.05, 4.69) is 23.7 Å². The summed E-state index contributed by atoms with van der Waals surface area (Å²) < 4.78 is 0. The molecule has 0 spiro atoms. The maximum atomic E-state index is 7.60. The van der Waals surface area contributed by atoms with Crippen LogP contribution in [0.3, 0.4) is 0 Å². The molecule has 0 radical (unpaired) electrons. The van der Waals surface area contributed by atoms with Crippen LogP contribution in [0.5, 0.6) is 0 Å². The second-order valence-corrected chi connectivity index (χ2v) is 5.34. The van der Waals surface area contributed by atoms with E-state index < -0.39 is 0 Å². The van der Waals surface area contributed by atoms with Gasteiger partial charge in [-0.25, -0.2) is 0 Å². The predicted octanol–water partition coefficient (Wildman–Crippen LogP) is 0.919.